The third kappa shape index (κ3) is 2.43. The Morgan fingerprint density at radius 3 is 2.58 bits per heavy atom. The third-order valence-electron chi connectivity index (χ3n) is 2.46. The molecule has 1 aliphatic heterocycles. The van der Waals surface area contributed by atoms with Gasteiger partial charge in [0.25, 0.3) is 16.8 Å². The van der Waals surface area contributed by atoms with E-state index in [-0.39, 0.29) is 4.91 Å². The number of hydrogen-bond acceptors (Lipinski definition) is 6. The smallest absolute Gasteiger partial charge is 0.293 e. The van der Waals surface area contributed by atoms with Crippen LogP contribution in [0.15, 0.2) is 23.1 Å². The fourth-order valence-electron chi connectivity index (χ4n) is 1.46. The van der Waals surface area contributed by atoms with Crippen molar-refractivity contribution >= 4 is 34.7 Å². The summed E-state index contributed by atoms with van der Waals surface area (Å²) in [5, 5.41) is 21.4. The van der Waals surface area contributed by atoms with Crippen LogP contribution in [0.3, 0.4) is 0 Å². The molecule has 2 amide bonds. The van der Waals surface area contributed by atoms with E-state index in [1.54, 1.807) is 0 Å². The lowest BCUT2D eigenvalue weighted by Crippen LogP contribution is -2.22. The lowest BCUT2D eigenvalue weighted by atomic mass is 10.1. The number of hydrogen-bond donors (Lipinski definition) is 0. The van der Waals surface area contributed by atoms with Crippen molar-refractivity contribution in [3.63, 3.8) is 0 Å². The van der Waals surface area contributed by atoms with Gasteiger partial charge in [-0.1, -0.05) is 12.1 Å². The highest BCUT2D eigenvalue weighted by atomic mass is 32.2. The molecule has 0 aromatic heterocycles. The van der Waals surface area contributed by atoms with E-state index in [1.807, 2.05) is 0 Å². The summed E-state index contributed by atoms with van der Waals surface area (Å²) < 4.78 is 0. The number of imide groups is 1. The Bertz CT molecular complexity index is 626. The second kappa shape index (κ2) is 4.73. The van der Waals surface area contributed by atoms with E-state index >= 15 is 0 Å². The van der Waals surface area contributed by atoms with Gasteiger partial charge in [-0.2, -0.15) is 0 Å². The van der Waals surface area contributed by atoms with Gasteiger partial charge in [-0.3, -0.25) is 24.6 Å². The van der Waals surface area contributed by atoms with Crippen molar-refractivity contribution in [2.24, 2.45) is 0 Å². The van der Waals surface area contributed by atoms with Crippen molar-refractivity contribution in [3.05, 3.63) is 38.8 Å². The molecule has 7 nitrogen and oxygen atoms in total. The predicted molar refractivity (Wildman–Crippen MR) is 66.3 cm³/mol. The van der Waals surface area contributed by atoms with Gasteiger partial charge in [-0.05, 0) is 29.2 Å². The molecular formula is C11H7N2O5S-. The first kappa shape index (κ1) is 13.1. The molecule has 2 rings (SSSR count). The van der Waals surface area contributed by atoms with Crippen LogP contribution in [0.4, 0.5) is 10.5 Å². The first-order valence-corrected chi connectivity index (χ1v) is 5.89. The monoisotopic (exact) mass is 279 g/mol. The summed E-state index contributed by atoms with van der Waals surface area (Å²) >= 11 is 0.746. The fourth-order valence-corrected chi connectivity index (χ4v) is 2.29. The van der Waals surface area contributed by atoms with Crippen LogP contribution in [0.25, 0.3) is 6.08 Å². The molecule has 0 unspecified atom stereocenters. The van der Waals surface area contributed by atoms with Crippen LogP contribution in [0, 0.1) is 10.1 Å². The molecule has 0 atom stereocenters. The van der Waals surface area contributed by atoms with E-state index in [0.29, 0.717) is 5.56 Å². The summed E-state index contributed by atoms with van der Waals surface area (Å²) in [6.07, 6.45) is 1.35. The number of rotatable bonds is 2. The van der Waals surface area contributed by atoms with E-state index in [0.717, 1.165) is 28.8 Å². The number of nitrogens with zero attached hydrogens (tertiary/aromatic N) is 2. The SMILES string of the molecule is CN1C(=O)S/C(=C/c2ccc([O-])c([N+](=O)[O-])c2)C1=O. The van der Waals surface area contributed by atoms with E-state index in [4.69, 9.17) is 0 Å². The summed E-state index contributed by atoms with van der Waals surface area (Å²) in [5.74, 6) is -1.17. The van der Waals surface area contributed by atoms with Crippen LogP contribution in [0.1, 0.15) is 5.56 Å². The molecule has 19 heavy (non-hydrogen) atoms. The Labute approximate surface area is 111 Å². The number of carbonyl (C=O) groups excluding carboxylic acids is 2. The highest BCUT2D eigenvalue weighted by Gasteiger charge is 2.31. The molecule has 98 valence electrons. The Balaban J connectivity index is 2.39. The van der Waals surface area contributed by atoms with Gasteiger partial charge in [-0.25, -0.2) is 0 Å². The Morgan fingerprint density at radius 2 is 2.05 bits per heavy atom. The first-order chi connectivity index (χ1) is 8.90. The van der Waals surface area contributed by atoms with Crippen molar-refractivity contribution in [3.8, 4) is 5.75 Å². The number of nitro groups is 1. The maximum Gasteiger partial charge on any atom is 0.293 e. The lowest BCUT2D eigenvalue weighted by molar-refractivity contribution is -0.398. The minimum Gasteiger partial charge on any atom is -0.868 e. The van der Waals surface area contributed by atoms with Gasteiger partial charge in [0.1, 0.15) is 0 Å². The van der Waals surface area contributed by atoms with E-state index in [2.05, 4.69) is 0 Å². The third-order valence-corrected chi connectivity index (χ3v) is 3.42. The Kier molecular flexibility index (Phi) is 3.26. The van der Waals surface area contributed by atoms with Crippen LogP contribution in [0.2, 0.25) is 0 Å². The molecule has 0 spiro atoms. The van der Waals surface area contributed by atoms with Crippen LogP contribution < -0.4 is 5.11 Å². The highest BCUT2D eigenvalue weighted by molar-refractivity contribution is 8.18. The summed E-state index contributed by atoms with van der Waals surface area (Å²) in [4.78, 5) is 33.9. The van der Waals surface area contributed by atoms with Gasteiger partial charge in [0.15, 0.2) is 0 Å². The molecular weight excluding hydrogens is 272 g/mol. The normalized spacial score (nSPS) is 17.3. The summed E-state index contributed by atoms with van der Waals surface area (Å²) in [5.41, 5.74) is -0.241. The number of carbonyl (C=O) groups is 2. The minimum absolute atomic E-state index is 0.167. The van der Waals surface area contributed by atoms with Crippen molar-refractivity contribution < 1.29 is 19.6 Å². The molecule has 1 saturated heterocycles. The van der Waals surface area contributed by atoms with Crippen LogP contribution in [0.5, 0.6) is 5.75 Å². The average molecular weight is 279 g/mol. The molecule has 1 heterocycles. The number of benzene rings is 1. The lowest BCUT2D eigenvalue weighted by Gasteiger charge is -2.06. The number of nitro benzene ring substituents is 1. The maximum absolute atomic E-state index is 11.6. The number of likely N-dealkylation sites (N-methyl/N-ethyl adjacent to an activating group) is 1. The summed E-state index contributed by atoms with van der Waals surface area (Å²) in [6, 6.07) is 3.49. The van der Waals surface area contributed by atoms with Gasteiger partial charge in [0, 0.05) is 13.1 Å². The second-order valence-electron chi connectivity index (χ2n) is 3.72. The van der Waals surface area contributed by atoms with Crippen molar-refractivity contribution in [1.82, 2.24) is 4.90 Å². The highest BCUT2D eigenvalue weighted by Crippen LogP contribution is 2.32. The van der Waals surface area contributed by atoms with Gasteiger partial charge in [-0.15, -0.1) is 0 Å². The summed E-state index contributed by atoms with van der Waals surface area (Å²) in [7, 11) is 1.35. The van der Waals surface area contributed by atoms with Gasteiger partial charge < -0.3 is 5.11 Å². The predicted octanol–water partition coefficient (Wildman–Crippen LogP) is 1.33. The second-order valence-corrected chi connectivity index (χ2v) is 4.72. The molecule has 1 fully saturated rings. The molecule has 1 aliphatic rings. The summed E-state index contributed by atoms with van der Waals surface area (Å²) in [6.45, 7) is 0. The topological polar surface area (TPSA) is 104 Å². The van der Waals surface area contributed by atoms with Gasteiger partial charge >= 0.3 is 0 Å². The Hall–Kier alpha value is -2.35. The number of amides is 2. The van der Waals surface area contributed by atoms with Crippen molar-refractivity contribution in [2.75, 3.05) is 7.05 Å². The van der Waals surface area contributed by atoms with E-state index < -0.39 is 27.5 Å². The largest absolute Gasteiger partial charge is 0.868 e. The minimum atomic E-state index is -0.786. The van der Waals surface area contributed by atoms with Crippen molar-refractivity contribution in [2.45, 2.75) is 0 Å². The molecule has 0 radical (unpaired) electrons. The van der Waals surface area contributed by atoms with Crippen LogP contribution in [-0.2, 0) is 4.79 Å². The average Bonchev–Trinajstić information content (AvgIpc) is 2.59. The van der Waals surface area contributed by atoms with E-state index in [1.165, 1.54) is 19.2 Å². The first-order valence-electron chi connectivity index (χ1n) is 5.07. The molecule has 0 saturated carbocycles. The zero-order valence-corrected chi connectivity index (χ0v) is 10.5. The van der Waals surface area contributed by atoms with E-state index in [9.17, 15) is 24.8 Å². The van der Waals surface area contributed by atoms with Gasteiger partial charge in [0.2, 0.25) is 0 Å². The zero-order valence-electron chi connectivity index (χ0n) is 9.65. The van der Waals surface area contributed by atoms with Crippen LogP contribution >= 0.6 is 11.8 Å². The maximum atomic E-state index is 11.6. The zero-order chi connectivity index (χ0) is 14.2. The molecule has 1 aromatic carbocycles. The fraction of sp³-hybridized carbons (Fsp3) is 0.0909. The van der Waals surface area contributed by atoms with Gasteiger partial charge in [0.05, 0.1) is 9.83 Å². The molecule has 1 aromatic rings. The molecule has 8 heteroatoms. The quantitative estimate of drug-likeness (QED) is 0.459. The number of thioether (sulfide) groups is 1. The molecule has 0 N–H and O–H groups in total. The standard InChI is InChI=1S/C11H8N2O5S/c1-12-10(15)9(19-11(12)16)5-6-2-3-8(14)7(4-6)13(17)18/h2-5,14H,1H3/p-1/b9-5+. The molecule has 0 aliphatic carbocycles. The molecule has 0 bridgehead atoms. The van der Waals surface area contributed by atoms with Crippen molar-refractivity contribution in [1.29, 1.82) is 0 Å². The Morgan fingerprint density at radius 1 is 1.37 bits per heavy atom. The van der Waals surface area contributed by atoms with Crippen LogP contribution in [-0.4, -0.2) is 28.0 Å².